The number of carbonyl (C=O) groups excluding carboxylic acids is 4. The molecule has 1 aromatic rings. The van der Waals surface area contributed by atoms with Crippen LogP contribution < -0.4 is 15.4 Å². The minimum Gasteiger partial charge on any atom is -0.478 e. The summed E-state index contributed by atoms with van der Waals surface area (Å²) in [5, 5.41) is 5.13. The second-order valence-electron chi connectivity index (χ2n) is 5.65. The number of amides is 4. The van der Waals surface area contributed by atoms with E-state index in [1.165, 1.54) is 6.92 Å². The Labute approximate surface area is 143 Å². The molecule has 9 nitrogen and oxygen atoms in total. The highest BCUT2D eigenvalue weighted by molar-refractivity contribution is 6.00. The van der Waals surface area contributed by atoms with Gasteiger partial charge in [-0.3, -0.25) is 19.3 Å². The molecule has 3 rings (SSSR count). The molecular formula is C16H17N3O6. The average molecular weight is 347 g/mol. The number of nitrogens with zero attached hydrogens (tertiary/aromatic N) is 1. The summed E-state index contributed by atoms with van der Waals surface area (Å²) < 4.78 is 10.5. The van der Waals surface area contributed by atoms with Crippen molar-refractivity contribution in [2.45, 2.75) is 25.6 Å². The summed E-state index contributed by atoms with van der Waals surface area (Å²) in [5.41, 5.74) is 0.528. The maximum Gasteiger partial charge on any atom is 0.324 e. The molecule has 0 aliphatic carbocycles. The highest BCUT2D eigenvalue weighted by atomic mass is 16.6. The number of nitrogens with one attached hydrogen (secondary N) is 2. The van der Waals surface area contributed by atoms with Crippen LogP contribution in [0.2, 0.25) is 0 Å². The molecule has 25 heavy (non-hydrogen) atoms. The zero-order valence-electron chi connectivity index (χ0n) is 13.5. The maximum atomic E-state index is 12.1. The number of esters is 1. The fourth-order valence-electron chi connectivity index (χ4n) is 2.58. The molecule has 2 heterocycles. The van der Waals surface area contributed by atoms with Gasteiger partial charge in [0.15, 0.2) is 12.2 Å². The topological polar surface area (TPSA) is 114 Å². The van der Waals surface area contributed by atoms with Gasteiger partial charge in [-0.2, -0.15) is 0 Å². The third-order valence-electron chi connectivity index (χ3n) is 3.84. The summed E-state index contributed by atoms with van der Waals surface area (Å²) in [6, 6.07) is 6.33. The Morgan fingerprint density at radius 1 is 1.36 bits per heavy atom. The maximum absolute atomic E-state index is 12.1. The number of fused-ring (bicyclic) bond motifs is 1. The molecule has 0 spiro atoms. The molecule has 132 valence electrons. The van der Waals surface area contributed by atoms with E-state index in [1.807, 2.05) is 0 Å². The molecule has 0 saturated carbocycles. The molecule has 2 aliphatic heterocycles. The summed E-state index contributed by atoms with van der Waals surface area (Å²) >= 11 is 0. The highest BCUT2D eigenvalue weighted by Crippen LogP contribution is 2.29. The van der Waals surface area contributed by atoms with Crippen molar-refractivity contribution in [3.8, 4) is 5.75 Å². The number of ether oxygens (including phenoxy) is 2. The molecule has 1 saturated heterocycles. The van der Waals surface area contributed by atoms with Crippen LogP contribution in [-0.2, 0) is 19.1 Å². The molecule has 0 unspecified atom stereocenters. The van der Waals surface area contributed by atoms with Gasteiger partial charge >= 0.3 is 12.0 Å². The fraction of sp³-hybridized carbons (Fsp3) is 0.375. The number of benzene rings is 1. The molecular weight excluding hydrogens is 330 g/mol. The van der Waals surface area contributed by atoms with E-state index in [0.29, 0.717) is 18.0 Å². The molecule has 4 amide bonds. The van der Waals surface area contributed by atoms with Crippen molar-refractivity contribution in [2.75, 3.05) is 18.4 Å². The number of imide groups is 1. The lowest BCUT2D eigenvalue weighted by molar-refractivity contribution is -0.159. The van der Waals surface area contributed by atoms with Crippen LogP contribution >= 0.6 is 0 Å². The van der Waals surface area contributed by atoms with Gasteiger partial charge in [-0.05, 0) is 19.1 Å². The summed E-state index contributed by atoms with van der Waals surface area (Å²) in [7, 11) is 0. The Balaban J connectivity index is 1.56. The van der Waals surface area contributed by atoms with E-state index in [-0.39, 0.29) is 13.0 Å². The van der Waals surface area contributed by atoms with Crippen LogP contribution in [0.1, 0.15) is 13.3 Å². The van der Waals surface area contributed by atoms with E-state index in [2.05, 4.69) is 10.6 Å². The van der Waals surface area contributed by atoms with Gasteiger partial charge in [0.1, 0.15) is 5.75 Å². The number of rotatable bonds is 4. The van der Waals surface area contributed by atoms with E-state index in [9.17, 15) is 19.2 Å². The van der Waals surface area contributed by atoms with E-state index in [1.54, 1.807) is 24.3 Å². The van der Waals surface area contributed by atoms with E-state index in [4.69, 9.17) is 9.47 Å². The van der Waals surface area contributed by atoms with Crippen molar-refractivity contribution >= 4 is 29.5 Å². The zero-order chi connectivity index (χ0) is 18.0. The molecule has 1 aromatic carbocycles. The first-order chi connectivity index (χ1) is 12.0. The first-order valence-electron chi connectivity index (χ1n) is 7.81. The molecule has 2 aliphatic rings. The Kier molecular flexibility index (Phi) is 4.55. The lowest BCUT2D eigenvalue weighted by Crippen LogP contribution is -2.43. The largest absolute Gasteiger partial charge is 0.478 e. The van der Waals surface area contributed by atoms with E-state index in [0.717, 1.165) is 4.90 Å². The van der Waals surface area contributed by atoms with Crippen LogP contribution in [0.3, 0.4) is 0 Å². The van der Waals surface area contributed by atoms with Gasteiger partial charge in [0.2, 0.25) is 0 Å². The predicted octanol–water partition coefficient (Wildman–Crippen LogP) is 0.260. The minimum absolute atomic E-state index is 0.227. The molecule has 2 atom stereocenters. The van der Waals surface area contributed by atoms with Gasteiger partial charge in [0.25, 0.3) is 11.8 Å². The zero-order valence-corrected chi connectivity index (χ0v) is 13.5. The summed E-state index contributed by atoms with van der Waals surface area (Å²) in [6.07, 6.45) is -2.51. The minimum atomic E-state index is -1.13. The number of para-hydroxylation sites is 2. The van der Waals surface area contributed by atoms with Gasteiger partial charge in [0.05, 0.1) is 12.1 Å². The standard InChI is InChI=1S/C16H17N3O6/c1-9(15(22)19-7-6-17-16(19)23)24-13(20)8-12-14(21)18-10-4-2-3-5-11(10)25-12/h2-5,9,12H,6-8H2,1H3,(H,17,23)(H,18,21)/t9-,12+/m0/s1. The lowest BCUT2D eigenvalue weighted by Gasteiger charge is -2.25. The third-order valence-corrected chi connectivity index (χ3v) is 3.84. The molecule has 0 aromatic heterocycles. The SMILES string of the molecule is C[C@H](OC(=O)C[C@H]1Oc2ccccc2NC1=O)C(=O)N1CCNC1=O. The number of anilines is 1. The van der Waals surface area contributed by atoms with Crippen molar-refractivity contribution in [3.63, 3.8) is 0 Å². The monoisotopic (exact) mass is 347 g/mol. The highest BCUT2D eigenvalue weighted by Gasteiger charge is 2.34. The Morgan fingerprint density at radius 3 is 2.84 bits per heavy atom. The van der Waals surface area contributed by atoms with E-state index < -0.39 is 36.0 Å². The van der Waals surface area contributed by atoms with Crippen LogP contribution in [0.25, 0.3) is 0 Å². The molecule has 1 fully saturated rings. The number of hydrogen-bond donors (Lipinski definition) is 2. The van der Waals surface area contributed by atoms with Gasteiger partial charge in [-0.1, -0.05) is 12.1 Å². The average Bonchev–Trinajstić information content (AvgIpc) is 3.00. The number of carbonyl (C=O) groups is 4. The van der Waals surface area contributed by atoms with Crippen molar-refractivity contribution < 1.29 is 28.7 Å². The Bertz CT molecular complexity index is 734. The Morgan fingerprint density at radius 2 is 2.12 bits per heavy atom. The molecule has 9 heteroatoms. The van der Waals surface area contributed by atoms with Gasteiger partial charge in [-0.25, -0.2) is 4.79 Å². The van der Waals surface area contributed by atoms with Gasteiger partial charge < -0.3 is 20.1 Å². The summed E-state index contributed by atoms with van der Waals surface area (Å²) in [4.78, 5) is 48.6. The first-order valence-corrected chi connectivity index (χ1v) is 7.81. The molecule has 0 bridgehead atoms. The Hall–Kier alpha value is -3.10. The van der Waals surface area contributed by atoms with Crippen LogP contribution in [0, 0.1) is 0 Å². The third kappa shape index (κ3) is 3.54. The second kappa shape index (κ2) is 6.80. The number of hydrogen-bond acceptors (Lipinski definition) is 6. The van der Waals surface area contributed by atoms with Gasteiger partial charge in [0, 0.05) is 13.1 Å². The summed E-state index contributed by atoms with van der Waals surface area (Å²) in [5.74, 6) is -1.38. The number of urea groups is 1. The smallest absolute Gasteiger partial charge is 0.324 e. The van der Waals surface area contributed by atoms with E-state index >= 15 is 0 Å². The van der Waals surface area contributed by atoms with Crippen molar-refractivity contribution in [1.82, 2.24) is 10.2 Å². The predicted molar refractivity (Wildman–Crippen MR) is 84.8 cm³/mol. The van der Waals surface area contributed by atoms with Crippen molar-refractivity contribution in [2.24, 2.45) is 0 Å². The quantitative estimate of drug-likeness (QED) is 0.755. The molecule has 2 N–H and O–H groups in total. The van der Waals surface area contributed by atoms with Crippen LogP contribution in [0.5, 0.6) is 5.75 Å². The van der Waals surface area contributed by atoms with Crippen molar-refractivity contribution in [1.29, 1.82) is 0 Å². The normalized spacial score (nSPS) is 20.0. The summed E-state index contributed by atoms with van der Waals surface area (Å²) in [6.45, 7) is 1.97. The van der Waals surface area contributed by atoms with Crippen molar-refractivity contribution in [3.05, 3.63) is 24.3 Å². The van der Waals surface area contributed by atoms with Crippen LogP contribution in [0.15, 0.2) is 24.3 Å². The fourth-order valence-corrected chi connectivity index (χ4v) is 2.58. The van der Waals surface area contributed by atoms with Gasteiger partial charge in [-0.15, -0.1) is 0 Å². The van der Waals surface area contributed by atoms with Crippen LogP contribution in [-0.4, -0.2) is 54.0 Å². The first kappa shape index (κ1) is 16.7. The molecule has 0 radical (unpaired) electrons. The second-order valence-corrected chi connectivity index (χ2v) is 5.65. The van der Waals surface area contributed by atoms with Crippen LogP contribution in [0.4, 0.5) is 10.5 Å². The lowest BCUT2D eigenvalue weighted by atomic mass is 10.1.